The molecule has 16 atom stereocenters. The van der Waals surface area contributed by atoms with Crippen LogP contribution in [-0.2, 0) is 34.9 Å². The minimum atomic E-state index is -4.88. The molecule has 0 aromatic rings. The third kappa shape index (κ3) is 11.2. The number of aliphatic hydroxyl groups is 2. The Morgan fingerprint density at radius 1 is 0.582 bits per heavy atom. The van der Waals surface area contributed by atoms with Crippen molar-refractivity contribution in [3.05, 3.63) is 0 Å². The first-order valence-corrected chi connectivity index (χ1v) is 21.8. The first-order chi connectivity index (χ1) is 26.0. The summed E-state index contributed by atoms with van der Waals surface area (Å²) in [7, 11) is -9.71. The fourth-order valence-electron chi connectivity index (χ4n) is 9.59. The van der Waals surface area contributed by atoms with Gasteiger partial charge in [-0.25, -0.2) is 14.7 Å². The molecule has 5 aliphatic rings. The maximum Gasteiger partial charge on any atom is 0.270 e. The molecule has 0 aromatic carbocycles. The van der Waals surface area contributed by atoms with Crippen LogP contribution in [0.5, 0.6) is 0 Å². The van der Waals surface area contributed by atoms with Crippen molar-refractivity contribution in [3.8, 4) is 0 Å². The highest BCUT2D eigenvalue weighted by Gasteiger charge is 2.58. The minimum absolute atomic E-state index is 0.0208. The quantitative estimate of drug-likeness (QED) is 0.0516. The molecule has 5 fully saturated rings. The lowest BCUT2D eigenvalue weighted by Crippen LogP contribution is -2.65. The van der Waals surface area contributed by atoms with Crippen LogP contribution in [0, 0.1) is 29.6 Å². The Balaban J connectivity index is 1.34. The zero-order valence-corrected chi connectivity index (χ0v) is 32.0. The number of aliphatic hydroxyl groups excluding tert-OH is 2. The second-order valence-corrected chi connectivity index (χ2v) is 19.4. The molecular formula is C31H56N8O14S2. The van der Waals surface area contributed by atoms with Crippen LogP contribution in [0.3, 0.4) is 0 Å². The number of nitrogens with two attached hydrogens (primary N) is 2. The van der Waals surface area contributed by atoms with Crippen LogP contribution in [0.25, 0.3) is 0 Å². The van der Waals surface area contributed by atoms with Gasteiger partial charge in [0.1, 0.15) is 22.6 Å². The Hall–Kier alpha value is -1.78. The van der Waals surface area contributed by atoms with Crippen molar-refractivity contribution in [2.75, 3.05) is 19.8 Å². The molecule has 0 saturated heterocycles. The molecule has 24 heteroatoms. The number of hydrogen-bond donors (Lipinski definition) is 9. The summed E-state index contributed by atoms with van der Waals surface area (Å²) in [4.78, 5) is 13.1. The lowest BCUT2D eigenvalue weighted by Gasteiger charge is -2.50. The first-order valence-electron chi connectivity index (χ1n) is 18.8. The van der Waals surface area contributed by atoms with Gasteiger partial charge in [0.2, 0.25) is 0 Å². The van der Waals surface area contributed by atoms with Crippen molar-refractivity contribution in [2.45, 2.75) is 142 Å². The summed E-state index contributed by atoms with van der Waals surface area (Å²) in [6.45, 7) is -0.201. The van der Waals surface area contributed by atoms with E-state index in [1.165, 1.54) is 0 Å². The summed E-state index contributed by atoms with van der Waals surface area (Å²) < 4.78 is 71.4. The summed E-state index contributed by atoms with van der Waals surface area (Å²) >= 11 is 0. The predicted molar refractivity (Wildman–Crippen MR) is 190 cm³/mol. The molecule has 5 saturated carbocycles. The summed E-state index contributed by atoms with van der Waals surface area (Å²) in [6.07, 6.45) is 1.28. The van der Waals surface area contributed by atoms with Gasteiger partial charge in [0.25, 0.3) is 20.2 Å². The molecule has 0 amide bonds. The molecule has 0 bridgehead atoms. The number of rotatable bonds is 14. The molecule has 0 spiro atoms. The van der Waals surface area contributed by atoms with Gasteiger partial charge in [-0.05, 0) is 88.4 Å². The number of hydrogen-bond acceptors (Lipinski definition) is 20. The van der Waals surface area contributed by atoms with Gasteiger partial charge < -0.3 is 21.7 Å². The summed E-state index contributed by atoms with van der Waals surface area (Å²) in [6, 6.07) is -6.02. The molecule has 0 aromatic heterocycles. The van der Waals surface area contributed by atoms with E-state index >= 15 is 0 Å². The second-order valence-electron chi connectivity index (χ2n) is 16.1. The normalized spacial score (nSPS) is 43.6. The van der Waals surface area contributed by atoms with E-state index in [2.05, 4.69) is 45.3 Å². The summed E-state index contributed by atoms with van der Waals surface area (Å²) in [5.74, 6) is -2.72. The molecule has 5 rings (SSSR count). The van der Waals surface area contributed by atoms with E-state index in [4.69, 9.17) is 22.0 Å². The van der Waals surface area contributed by atoms with Crippen LogP contribution in [0.4, 0.5) is 0 Å². The molecule has 316 valence electrons. The summed E-state index contributed by atoms with van der Waals surface area (Å²) in [5.41, 5.74) is 12.6. The smallest absolute Gasteiger partial charge is 0.270 e. The van der Waals surface area contributed by atoms with E-state index in [0.29, 0.717) is 51.4 Å². The van der Waals surface area contributed by atoms with Gasteiger partial charge >= 0.3 is 0 Å². The third-order valence-electron chi connectivity index (χ3n) is 12.3. The average molecular weight is 829 g/mol. The monoisotopic (exact) mass is 828 g/mol. The highest BCUT2D eigenvalue weighted by Crippen LogP contribution is 2.46. The van der Waals surface area contributed by atoms with Gasteiger partial charge in [0.15, 0.2) is 0 Å². The van der Waals surface area contributed by atoms with Crippen LogP contribution < -0.4 is 11.5 Å². The van der Waals surface area contributed by atoms with Gasteiger partial charge in [-0.1, -0.05) is 0 Å². The highest BCUT2D eigenvalue weighted by atomic mass is 32.2. The fourth-order valence-corrected chi connectivity index (χ4v) is 11.7. The Bertz CT molecular complexity index is 1550. The molecule has 11 N–H and O–H groups in total. The van der Waals surface area contributed by atoms with E-state index in [0.717, 1.165) is 6.42 Å². The molecule has 0 aliphatic heterocycles. The SMILES string of the molecule is NC1CCC(N=NC2CCC(N=NC3C(O)C4C(CC(S(=O)(=O)O)C(N=NC5CC(COO)CC(COO)C5)C4N)CC3S(=O)(=O)O)C(COO)C2)C(O)C1. The van der Waals surface area contributed by atoms with Crippen molar-refractivity contribution >= 4 is 20.2 Å². The Labute approximate surface area is 319 Å². The molecule has 0 radical (unpaired) electrons. The van der Waals surface area contributed by atoms with Crippen LogP contribution in [0.1, 0.15) is 70.6 Å². The zero-order valence-electron chi connectivity index (χ0n) is 30.4. The molecule has 22 nitrogen and oxygen atoms in total. The molecular weight excluding hydrogens is 773 g/mol. The van der Waals surface area contributed by atoms with Crippen LogP contribution in [0.2, 0.25) is 0 Å². The predicted octanol–water partition coefficient (Wildman–Crippen LogP) is 1.35. The van der Waals surface area contributed by atoms with Gasteiger partial charge in [-0.3, -0.25) is 24.9 Å². The van der Waals surface area contributed by atoms with Gasteiger partial charge in [0, 0.05) is 23.9 Å². The minimum Gasteiger partial charge on any atom is -0.391 e. The maximum absolute atomic E-state index is 12.7. The molecule has 5 aliphatic carbocycles. The molecule has 16 unspecified atom stereocenters. The fraction of sp³-hybridized carbons (Fsp3) is 1.00. The number of fused-ring (bicyclic) bond motifs is 1. The summed E-state index contributed by atoms with van der Waals surface area (Å²) in [5, 5.41) is 72.3. The lowest BCUT2D eigenvalue weighted by atomic mass is 9.64. The molecule has 0 heterocycles. The van der Waals surface area contributed by atoms with Crippen molar-refractivity contribution in [2.24, 2.45) is 71.7 Å². The van der Waals surface area contributed by atoms with Crippen LogP contribution in [-0.4, -0.2) is 143 Å². The second kappa shape index (κ2) is 19.3. The van der Waals surface area contributed by atoms with Gasteiger partial charge in [-0.15, -0.1) is 0 Å². The van der Waals surface area contributed by atoms with Crippen molar-refractivity contribution in [1.29, 1.82) is 0 Å². The topological polar surface area (TPSA) is 364 Å². The number of nitrogens with zero attached hydrogens (tertiary/aromatic N) is 6. The highest BCUT2D eigenvalue weighted by molar-refractivity contribution is 7.86. The largest absolute Gasteiger partial charge is 0.391 e. The van der Waals surface area contributed by atoms with Gasteiger partial charge in [0.05, 0.1) is 56.2 Å². The van der Waals surface area contributed by atoms with E-state index < -0.39 is 90.9 Å². The maximum atomic E-state index is 12.7. The first kappa shape index (κ1) is 44.3. The number of azo groups is 3. The van der Waals surface area contributed by atoms with Crippen molar-refractivity contribution in [3.63, 3.8) is 0 Å². The Morgan fingerprint density at radius 3 is 1.71 bits per heavy atom. The van der Waals surface area contributed by atoms with Crippen molar-refractivity contribution in [1.82, 2.24) is 0 Å². The third-order valence-corrected chi connectivity index (χ3v) is 14.8. The van der Waals surface area contributed by atoms with E-state index in [1.54, 1.807) is 0 Å². The van der Waals surface area contributed by atoms with Crippen LogP contribution >= 0.6 is 0 Å². The molecule has 55 heavy (non-hydrogen) atoms. The lowest BCUT2D eigenvalue weighted by molar-refractivity contribution is -0.263. The van der Waals surface area contributed by atoms with E-state index in [-0.39, 0.29) is 62.6 Å². The Kier molecular flexibility index (Phi) is 15.6. The Morgan fingerprint density at radius 2 is 1.13 bits per heavy atom. The van der Waals surface area contributed by atoms with E-state index in [1.807, 2.05) is 0 Å². The van der Waals surface area contributed by atoms with Gasteiger partial charge in [-0.2, -0.15) is 47.5 Å². The van der Waals surface area contributed by atoms with Crippen LogP contribution in [0.15, 0.2) is 30.7 Å². The van der Waals surface area contributed by atoms with E-state index in [9.17, 15) is 41.4 Å². The average Bonchev–Trinajstić information content (AvgIpc) is 3.10. The standard InChI is InChI=1S/C31H56N8O14S2/c32-19-1-3-23(24(40)11-19)37-34-20-2-4-22(18(8-20)14-53-44)36-39-30-26(55(48,49)50)10-17-9-25(54(45,46)47)29(28(33)27(17)31(30)41)38-35-21-6-15(12-51-42)5-16(7-21)13-52-43/h15-31,40-44H,1-14,32-33H2,(H,45,46,47)(H,48,49,50). The van der Waals surface area contributed by atoms with Crippen molar-refractivity contribution < 1.29 is 66.6 Å². The zero-order chi connectivity index (χ0) is 40.1.